The molecular weight excluding hydrogens is 248 g/mol. The van der Waals surface area contributed by atoms with Crippen molar-refractivity contribution in [2.45, 2.75) is 63.0 Å². The molecule has 1 atom stereocenters. The monoisotopic (exact) mass is 272 g/mol. The van der Waals surface area contributed by atoms with Crippen molar-refractivity contribution >= 4 is 9.84 Å². The van der Waals surface area contributed by atoms with Crippen LogP contribution in [0.5, 0.6) is 0 Å². The minimum Gasteiger partial charge on any atom is -0.501 e. The number of ether oxygens (including phenoxy) is 1. The van der Waals surface area contributed by atoms with E-state index in [2.05, 4.69) is 0 Å². The lowest BCUT2D eigenvalue weighted by Crippen LogP contribution is -2.12. The number of hydrogen-bond donors (Lipinski definition) is 0. The van der Waals surface area contributed by atoms with Gasteiger partial charge in [0.2, 0.25) is 0 Å². The zero-order valence-electron chi connectivity index (χ0n) is 11.3. The minimum atomic E-state index is -2.75. The van der Waals surface area contributed by atoms with E-state index in [1.54, 1.807) is 0 Å². The second-order valence-corrected chi connectivity index (χ2v) is 7.99. The molecule has 1 saturated carbocycles. The largest absolute Gasteiger partial charge is 0.501 e. The van der Waals surface area contributed by atoms with E-state index in [4.69, 9.17) is 4.74 Å². The predicted molar refractivity (Wildman–Crippen MR) is 73.2 cm³/mol. The lowest BCUT2D eigenvalue weighted by molar-refractivity contribution is 0.233. The summed E-state index contributed by atoms with van der Waals surface area (Å²) >= 11 is 0. The van der Waals surface area contributed by atoms with Gasteiger partial charge in [0, 0.05) is 0 Å². The first-order valence-electron chi connectivity index (χ1n) is 7.11. The molecule has 1 saturated heterocycles. The first-order valence-corrected chi connectivity index (χ1v) is 8.77. The maximum atomic E-state index is 11.5. The van der Waals surface area contributed by atoms with Gasteiger partial charge in [-0.15, -0.1) is 0 Å². The summed E-state index contributed by atoms with van der Waals surface area (Å²) in [7, 11) is -2.75. The Morgan fingerprint density at radius 2 is 1.94 bits per heavy atom. The molecule has 3 nitrogen and oxygen atoms in total. The molecule has 0 bridgehead atoms. The van der Waals surface area contributed by atoms with Crippen LogP contribution in [0.2, 0.25) is 0 Å². The van der Waals surface area contributed by atoms with Crippen molar-refractivity contribution in [3.63, 3.8) is 0 Å². The molecule has 0 amide bonds. The fraction of sp³-hybridized carbons (Fsp3) is 0.857. The molecule has 104 valence electrons. The molecule has 18 heavy (non-hydrogen) atoms. The standard InChI is InChI=1S/C14H24O3S/c1-2-14(12-18(14,15)16)9-6-10-17-11-13-7-4-3-5-8-13/h11H,2-10,12H2,1H3. The van der Waals surface area contributed by atoms with Crippen LogP contribution in [-0.2, 0) is 14.6 Å². The van der Waals surface area contributed by atoms with E-state index in [1.165, 1.54) is 37.7 Å². The van der Waals surface area contributed by atoms with Crippen molar-refractivity contribution in [2.75, 3.05) is 12.4 Å². The number of sulfone groups is 1. The second kappa shape index (κ2) is 5.64. The van der Waals surface area contributed by atoms with Gasteiger partial charge in [-0.25, -0.2) is 8.42 Å². The van der Waals surface area contributed by atoms with Crippen LogP contribution < -0.4 is 0 Å². The van der Waals surface area contributed by atoms with Gasteiger partial charge in [-0.2, -0.15) is 0 Å². The lowest BCUT2D eigenvalue weighted by Gasteiger charge is -2.13. The highest BCUT2D eigenvalue weighted by atomic mass is 32.2. The summed E-state index contributed by atoms with van der Waals surface area (Å²) in [5.41, 5.74) is 1.42. The maximum absolute atomic E-state index is 11.5. The van der Waals surface area contributed by atoms with Gasteiger partial charge >= 0.3 is 0 Å². The third-order valence-corrected chi connectivity index (χ3v) is 6.85. The van der Waals surface area contributed by atoms with Crippen LogP contribution >= 0.6 is 0 Å². The van der Waals surface area contributed by atoms with Gasteiger partial charge in [0.1, 0.15) is 0 Å². The molecule has 2 aliphatic rings. The highest BCUT2D eigenvalue weighted by molar-refractivity contribution is 8.00. The average molecular weight is 272 g/mol. The average Bonchev–Trinajstić information content (AvgIpc) is 2.93. The van der Waals surface area contributed by atoms with Crippen LogP contribution in [-0.4, -0.2) is 25.5 Å². The molecule has 1 heterocycles. The summed E-state index contributed by atoms with van der Waals surface area (Å²) in [4.78, 5) is 0. The summed E-state index contributed by atoms with van der Waals surface area (Å²) < 4.78 is 28.1. The Balaban J connectivity index is 1.65. The third kappa shape index (κ3) is 3.08. The van der Waals surface area contributed by atoms with Crippen LogP contribution in [0, 0.1) is 0 Å². The number of hydrogen-bond acceptors (Lipinski definition) is 3. The van der Waals surface area contributed by atoms with Crippen molar-refractivity contribution in [3.05, 3.63) is 11.8 Å². The molecule has 0 aromatic rings. The summed E-state index contributed by atoms with van der Waals surface area (Å²) in [6.45, 7) is 2.62. The summed E-state index contributed by atoms with van der Waals surface area (Å²) in [6, 6.07) is 0. The Kier molecular flexibility index (Phi) is 4.36. The van der Waals surface area contributed by atoms with Gasteiger partial charge in [0.15, 0.2) is 9.84 Å². The predicted octanol–water partition coefficient (Wildman–Crippen LogP) is 3.21. The normalized spacial score (nSPS) is 29.9. The first-order chi connectivity index (χ1) is 8.60. The fourth-order valence-electron chi connectivity index (χ4n) is 2.82. The van der Waals surface area contributed by atoms with Crippen LogP contribution in [0.3, 0.4) is 0 Å². The molecule has 0 N–H and O–H groups in total. The SMILES string of the molecule is CCC1(CCCOC=C2CCCCC2)CS1(=O)=O. The molecule has 0 aromatic carbocycles. The fourth-order valence-corrected chi connectivity index (χ4v) is 4.99. The van der Waals surface area contributed by atoms with Crippen LogP contribution in [0.15, 0.2) is 11.8 Å². The summed E-state index contributed by atoms with van der Waals surface area (Å²) in [5.74, 6) is 0.386. The van der Waals surface area contributed by atoms with Crippen LogP contribution in [0.4, 0.5) is 0 Å². The van der Waals surface area contributed by atoms with Gasteiger partial charge in [0.25, 0.3) is 0 Å². The molecule has 2 fully saturated rings. The Labute approximate surface area is 111 Å². The molecule has 4 heteroatoms. The summed E-state index contributed by atoms with van der Waals surface area (Å²) in [5, 5.41) is 0. The number of rotatable bonds is 6. The molecule has 0 radical (unpaired) electrons. The highest BCUT2D eigenvalue weighted by Gasteiger charge is 2.58. The van der Waals surface area contributed by atoms with E-state index < -0.39 is 14.6 Å². The van der Waals surface area contributed by atoms with Crippen molar-refractivity contribution in [3.8, 4) is 0 Å². The van der Waals surface area contributed by atoms with E-state index in [0.29, 0.717) is 12.4 Å². The topological polar surface area (TPSA) is 43.4 Å². The Bertz CT molecular complexity index is 403. The highest BCUT2D eigenvalue weighted by Crippen LogP contribution is 2.43. The Hall–Kier alpha value is -0.510. The Morgan fingerprint density at radius 1 is 1.28 bits per heavy atom. The van der Waals surface area contributed by atoms with E-state index in [-0.39, 0.29) is 0 Å². The second-order valence-electron chi connectivity index (χ2n) is 5.61. The van der Waals surface area contributed by atoms with Gasteiger partial charge in [-0.05, 0) is 50.5 Å². The minimum absolute atomic E-state index is 0.386. The quantitative estimate of drug-likeness (QED) is 0.423. The zero-order chi connectivity index (χ0) is 13.1. The molecule has 0 aromatic heterocycles. The smallest absolute Gasteiger partial charge is 0.158 e. The van der Waals surface area contributed by atoms with Crippen molar-refractivity contribution in [1.82, 2.24) is 0 Å². The molecular formula is C14H24O3S. The summed E-state index contributed by atoms with van der Waals surface area (Å²) in [6.07, 6.45) is 10.5. The zero-order valence-corrected chi connectivity index (χ0v) is 12.1. The van der Waals surface area contributed by atoms with Gasteiger partial charge in [-0.1, -0.05) is 13.3 Å². The van der Waals surface area contributed by atoms with Gasteiger partial charge < -0.3 is 4.74 Å². The van der Waals surface area contributed by atoms with Gasteiger partial charge in [0.05, 0.1) is 23.4 Å². The molecule has 2 rings (SSSR count). The van der Waals surface area contributed by atoms with E-state index in [0.717, 1.165) is 19.3 Å². The maximum Gasteiger partial charge on any atom is 0.158 e. The van der Waals surface area contributed by atoms with Gasteiger partial charge in [-0.3, -0.25) is 0 Å². The Morgan fingerprint density at radius 3 is 2.50 bits per heavy atom. The first kappa shape index (κ1) is 13.9. The van der Waals surface area contributed by atoms with Crippen molar-refractivity contribution in [2.24, 2.45) is 0 Å². The molecule has 1 aliphatic heterocycles. The number of allylic oxidation sites excluding steroid dienone is 1. The van der Waals surface area contributed by atoms with Crippen LogP contribution in [0.25, 0.3) is 0 Å². The third-order valence-electron chi connectivity index (χ3n) is 4.31. The lowest BCUT2D eigenvalue weighted by atomic mass is 9.96. The van der Waals surface area contributed by atoms with Crippen molar-refractivity contribution < 1.29 is 13.2 Å². The van der Waals surface area contributed by atoms with E-state index >= 15 is 0 Å². The van der Waals surface area contributed by atoms with Crippen LogP contribution in [0.1, 0.15) is 58.3 Å². The van der Waals surface area contributed by atoms with E-state index in [9.17, 15) is 8.42 Å². The molecule has 0 spiro atoms. The molecule has 1 aliphatic carbocycles. The van der Waals surface area contributed by atoms with Crippen molar-refractivity contribution in [1.29, 1.82) is 0 Å². The molecule has 1 unspecified atom stereocenters. The van der Waals surface area contributed by atoms with E-state index in [1.807, 2.05) is 13.2 Å².